The zero-order chi connectivity index (χ0) is 15.7. The van der Waals surface area contributed by atoms with E-state index in [1.807, 2.05) is 0 Å². The van der Waals surface area contributed by atoms with E-state index in [0.717, 1.165) is 12.3 Å². The summed E-state index contributed by atoms with van der Waals surface area (Å²) in [5.74, 6) is -1.13. The molecule has 0 spiro atoms. The van der Waals surface area contributed by atoms with E-state index in [0.29, 0.717) is 12.1 Å². The lowest BCUT2D eigenvalue weighted by atomic mass is 9.92. The van der Waals surface area contributed by atoms with Gasteiger partial charge < -0.3 is 15.2 Å². The number of hydrogen-bond donors (Lipinski definition) is 2. The van der Waals surface area contributed by atoms with E-state index in [2.05, 4.69) is 5.32 Å². The van der Waals surface area contributed by atoms with Crippen molar-refractivity contribution in [3.05, 3.63) is 34.6 Å². The molecule has 1 heterocycles. The quantitative estimate of drug-likeness (QED) is 0.857. The highest BCUT2D eigenvalue weighted by atomic mass is 35.5. The molecule has 21 heavy (non-hydrogen) atoms. The fourth-order valence-corrected chi connectivity index (χ4v) is 3.74. The molecule has 2 unspecified atom stereocenters. The lowest BCUT2D eigenvalue weighted by Gasteiger charge is -2.33. The van der Waals surface area contributed by atoms with Crippen LogP contribution in [-0.4, -0.2) is 50.8 Å². The zero-order valence-corrected chi connectivity index (χ0v) is 13.0. The van der Waals surface area contributed by atoms with E-state index in [4.69, 9.17) is 16.3 Å². The van der Waals surface area contributed by atoms with Gasteiger partial charge in [-0.15, -0.1) is 0 Å². The van der Waals surface area contributed by atoms with Crippen molar-refractivity contribution >= 4 is 21.4 Å². The number of nitrogens with one attached hydrogen (secondary N) is 1. The van der Waals surface area contributed by atoms with Gasteiger partial charge in [0.1, 0.15) is 27.4 Å². The minimum absolute atomic E-state index is 0.0367. The summed E-state index contributed by atoms with van der Waals surface area (Å²) in [6, 6.07) is 4.04. The molecule has 1 aliphatic rings. The van der Waals surface area contributed by atoms with Gasteiger partial charge in [0.25, 0.3) is 0 Å². The first kappa shape index (κ1) is 16.6. The lowest BCUT2D eigenvalue weighted by molar-refractivity contribution is -0.0813. The molecule has 2 rings (SSSR count). The monoisotopic (exact) mass is 337 g/mol. The fraction of sp³-hybridized carbons (Fsp3) is 0.538. The van der Waals surface area contributed by atoms with Crippen LogP contribution in [0.3, 0.4) is 0 Å². The number of hydrogen-bond acceptors (Lipinski definition) is 5. The second-order valence-electron chi connectivity index (χ2n) is 5.27. The molecule has 0 radical (unpaired) electrons. The van der Waals surface area contributed by atoms with Gasteiger partial charge in [-0.3, -0.25) is 0 Å². The first-order chi connectivity index (χ1) is 9.71. The maximum atomic E-state index is 13.6. The fourth-order valence-electron chi connectivity index (χ4n) is 2.46. The smallest absolute Gasteiger partial charge is 0.150 e. The predicted octanol–water partition coefficient (Wildman–Crippen LogP) is 0.916. The summed E-state index contributed by atoms with van der Waals surface area (Å²) in [5, 5.41) is 13.6. The van der Waals surface area contributed by atoms with Crippen LogP contribution in [0.15, 0.2) is 18.2 Å². The summed E-state index contributed by atoms with van der Waals surface area (Å²) >= 11 is 5.64. The molecule has 0 amide bonds. The van der Waals surface area contributed by atoms with Crippen molar-refractivity contribution < 1.29 is 22.7 Å². The van der Waals surface area contributed by atoms with Crippen LogP contribution in [0.4, 0.5) is 4.39 Å². The zero-order valence-electron chi connectivity index (χ0n) is 11.5. The Balaban J connectivity index is 2.41. The molecule has 8 heteroatoms. The number of ether oxygens (including phenoxy) is 1. The van der Waals surface area contributed by atoms with Crippen LogP contribution in [0.25, 0.3) is 0 Å². The van der Waals surface area contributed by atoms with Crippen molar-refractivity contribution in [3.63, 3.8) is 0 Å². The van der Waals surface area contributed by atoms with Crippen LogP contribution in [-0.2, 0) is 14.6 Å². The molecule has 118 valence electrons. The van der Waals surface area contributed by atoms with E-state index < -0.39 is 33.1 Å². The Labute approximate surface area is 128 Å². The van der Waals surface area contributed by atoms with E-state index in [1.54, 1.807) is 0 Å². The molecule has 2 atom stereocenters. The van der Waals surface area contributed by atoms with E-state index in [9.17, 15) is 17.9 Å². The SMILES string of the molecule is CS(=O)(=O)CC1(O)CNCCOC1c1ccc(Cl)c(F)c1. The molecule has 1 saturated heterocycles. The van der Waals surface area contributed by atoms with E-state index in [1.165, 1.54) is 12.1 Å². The van der Waals surface area contributed by atoms with E-state index >= 15 is 0 Å². The van der Waals surface area contributed by atoms with Crippen LogP contribution in [0, 0.1) is 5.82 Å². The Morgan fingerprint density at radius 1 is 1.57 bits per heavy atom. The summed E-state index contributed by atoms with van der Waals surface area (Å²) in [4.78, 5) is 0. The predicted molar refractivity (Wildman–Crippen MR) is 77.6 cm³/mol. The Hall–Kier alpha value is -0.730. The topological polar surface area (TPSA) is 75.6 Å². The summed E-state index contributed by atoms with van der Waals surface area (Å²) < 4.78 is 42.3. The van der Waals surface area contributed by atoms with Gasteiger partial charge in [0, 0.05) is 19.3 Å². The maximum absolute atomic E-state index is 13.6. The molecule has 1 aliphatic heterocycles. The molecule has 0 saturated carbocycles. The Bertz CT molecular complexity index is 625. The average Bonchev–Trinajstić information content (AvgIpc) is 2.52. The number of β-amino-alcohol motifs (C(OH)–C–C–N with tert-alkyl or cyclic N) is 1. The van der Waals surface area contributed by atoms with Crippen LogP contribution in [0.2, 0.25) is 5.02 Å². The highest BCUT2D eigenvalue weighted by molar-refractivity contribution is 7.90. The van der Waals surface area contributed by atoms with Gasteiger partial charge in [0.15, 0.2) is 0 Å². The largest absolute Gasteiger partial charge is 0.384 e. The van der Waals surface area contributed by atoms with Crippen LogP contribution < -0.4 is 5.32 Å². The van der Waals surface area contributed by atoms with Crippen molar-refractivity contribution in [3.8, 4) is 0 Å². The molecule has 1 aromatic rings. The molecule has 0 aromatic heterocycles. The number of sulfone groups is 1. The number of benzene rings is 1. The first-order valence-corrected chi connectivity index (χ1v) is 8.82. The maximum Gasteiger partial charge on any atom is 0.150 e. The Kier molecular flexibility index (Phi) is 4.89. The minimum Gasteiger partial charge on any atom is -0.384 e. The second kappa shape index (κ2) is 6.18. The second-order valence-corrected chi connectivity index (χ2v) is 7.82. The van der Waals surface area contributed by atoms with Crippen LogP contribution >= 0.6 is 11.6 Å². The summed E-state index contributed by atoms with van der Waals surface area (Å²) in [5.41, 5.74) is -1.32. The van der Waals surface area contributed by atoms with Crippen molar-refractivity contribution in [2.75, 3.05) is 31.7 Å². The van der Waals surface area contributed by atoms with Crippen LogP contribution in [0.1, 0.15) is 11.7 Å². The summed E-state index contributed by atoms with van der Waals surface area (Å²) in [7, 11) is -3.45. The number of aliphatic hydroxyl groups is 1. The van der Waals surface area contributed by atoms with Crippen molar-refractivity contribution in [1.82, 2.24) is 5.32 Å². The van der Waals surface area contributed by atoms with Crippen molar-refractivity contribution in [2.45, 2.75) is 11.7 Å². The molecular weight excluding hydrogens is 321 g/mol. The number of rotatable bonds is 3. The highest BCUT2D eigenvalue weighted by Crippen LogP contribution is 2.33. The average molecular weight is 338 g/mol. The number of halogens is 2. The first-order valence-electron chi connectivity index (χ1n) is 6.39. The van der Waals surface area contributed by atoms with Gasteiger partial charge in [-0.2, -0.15) is 0 Å². The lowest BCUT2D eigenvalue weighted by Crippen LogP contribution is -2.49. The third-order valence-electron chi connectivity index (χ3n) is 3.24. The van der Waals surface area contributed by atoms with Crippen molar-refractivity contribution in [1.29, 1.82) is 0 Å². The molecule has 2 N–H and O–H groups in total. The molecule has 0 bridgehead atoms. The molecule has 5 nitrogen and oxygen atoms in total. The molecule has 1 aromatic carbocycles. The third-order valence-corrected chi connectivity index (χ3v) is 4.57. The van der Waals surface area contributed by atoms with Gasteiger partial charge >= 0.3 is 0 Å². The van der Waals surface area contributed by atoms with Gasteiger partial charge in [-0.25, -0.2) is 12.8 Å². The molecule has 0 aliphatic carbocycles. The van der Waals surface area contributed by atoms with Gasteiger partial charge in [0.2, 0.25) is 0 Å². The standard InChI is InChI=1S/C13H17ClFNO4S/c1-21(18,19)8-13(17)7-16-4-5-20-12(13)9-2-3-10(14)11(15)6-9/h2-3,6,12,16-17H,4-5,7-8H2,1H3. The van der Waals surface area contributed by atoms with Crippen LogP contribution in [0.5, 0.6) is 0 Å². The summed E-state index contributed by atoms with van der Waals surface area (Å²) in [6.45, 7) is 0.786. The van der Waals surface area contributed by atoms with Crippen molar-refractivity contribution in [2.24, 2.45) is 0 Å². The Morgan fingerprint density at radius 3 is 2.90 bits per heavy atom. The Morgan fingerprint density at radius 2 is 2.29 bits per heavy atom. The van der Waals surface area contributed by atoms with Gasteiger partial charge in [-0.1, -0.05) is 17.7 Å². The summed E-state index contributed by atoms with van der Waals surface area (Å²) in [6.07, 6.45) is 0.0871. The third kappa shape index (κ3) is 4.14. The molecular formula is C13H17ClFNO4S. The normalized spacial score (nSPS) is 27.3. The highest BCUT2D eigenvalue weighted by Gasteiger charge is 2.42. The minimum atomic E-state index is -3.45. The molecule has 1 fully saturated rings. The van der Waals surface area contributed by atoms with Gasteiger partial charge in [-0.05, 0) is 17.7 Å². The van der Waals surface area contributed by atoms with Gasteiger partial charge in [0.05, 0.1) is 17.4 Å². The van der Waals surface area contributed by atoms with E-state index in [-0.39, 0.29) is 18.2 Å².